The number of allylic oxidation sites excluding steroid dienone is 1. The molecule has 0 fully saturated rings. The Morgan fingerprint density at radius 3 is 2.58 bits per heavy atom. The average Bonchev–Trinajstić information content (AvgIpc) is 2.37. The summed E-state index contributed by atoms with van der Waals surface area (Å²) in [7, 11) is 0. The van der Waals surface area contributed by atoms with E-state index >= 15 is 0 Å². The van der Waals surface area contributed by atoms with E-state index < -0.39 is 11.9 Å². The lowest BCUT2D eigenvalue weighted by Gasteiger charge is -2.08. The van der Waals surface area contributed by atoms with Crippen molar-refractivity contribution >= 4 is 11.9 Å². The molecule has 0 atom stereocenters. The van der Waals surface area contributed by atoms with Crippen LogP contribution in [-0.2, 0) is 11.3 Å². The standard InChI is InChI=1S/C12H13N5O2/c1-8(10(6-13)11(18)17-12(14)19)16-7-9-2-4-15-5-3-9/h2-5,16H,7H2,1H3,(H3,14,17,18,19)/b10-8-. The largest absolute Gasteiger partial charge is 0.383 e. The molecule has 3 amide bonds. The summed E-state index contributed by atoms with van der Waals surface area (Å²) in [5.41, 5.74) is 5.94. The summed E-state index contributed by atoms with van der Waals surface area (Å²) in [5, 5.41) is 13.7. The van der Waals surface area contributed by atoms with Crippen LogP contribution in [0.1, 0.15) is 12.5 Å². The van der Waals surface area contributed by atoms with Crippen molar-refractivity contribution in [2.24, 2.45) is 5.73 Å². The Labute approximate surface area is 110 Å². The number of amides is 3. The highest BCUT2D eigenvalue weighted by Gasteiger charge is 2.14. The van der Waals surface area contributed by atoms with Crippen LogP contribution in [0.15, 0.2) is 35.8 Å². The van der Waals surface area contributed by atoms with Crippen molar-refractivity contribution in [3.63, 3.8) is 0 Å². The topological polar surface area (TPSA) is 121 Å². The first kappa shape index (κ1) is 14.2. The molecule has 7 heteroatoms. The second kappa shape index (κ2) is 6.76. The number of urea groups is 1. The number of hydrogen-bond donors (Lipinski definition) is 3. The third-order valence-corrected chi connectivity index (χ3v) is 2.26. The lowest BCUT2D eigenvalue weighted by atomic mass is 10.2. The molecule has 1 heterocycles. The molecule has 1 aromatic rings. The normalized spacial score (nSPS) is 10.9. The molecule has 0 aliphatic carbocycles. The Kier molecular flexibility index (Phi) is 5.04. The Balaban J connectivity index is 2.74. The number of carbonyl (C=O) groups is 2. The quantitative estimate of drug-likeness (QED) is 0.525. The summed E-state index contributed by atoms with van der Waals surface area (Å²) >= 11 is 0. The van der Waals surface area contributed by atoms with E-state index in [4.69, 9.17) is 11.0 Å². The lowest BCUT2D eigenvalue weighted by Crippen LogP contribution is -2.36. The van der Waals surface area contributed by atoms with Crippen molar-refractivity contribution in [1.29, 1.82) is 5.26 Å². The fourth-order valence-electron chi connectivity index (χ4n) is 1.30. The van der Waals surface area contributed by atoms with Crippen LogP contribution in [0, 0.1) is 11.3 Å². The third-order valence-electron chi connectivity index (χ3n) is 2.26. The van der Waals surface area contributed by atoms with Crippen LogP contribution < -0.4 is 16.4 Å². The Hall–Kier alpha value is -2.88. The first-order valence-electron chi connectivity index (χ1n) is 5.39. The number of nitriles is 1. The molecule has 19 heavy (non-hydrogen) atoms. The van der Waals surface area contributed by atoms with E-state index in [0.717, 1.165) is 5.56 Å². The number of imide groups is 1. The van der Waals surface area contributed by atoms with Crippen molar-refractivity contribution in [3.8, 4) is 6.07 Å². The van der Waals surface area contributed by atoms with Gasteiger partial charge in [-0.15, -0.1) is 0 Å². The van der Waals surface area contributed by atoms with Crippen molar-refractivity contribution in [1.82, 2.24) is 15.6 Å². The average molecular weight is 259 g/mol. The maximum Gasteiger partial charge on any atom is 0.319 e. The molecule has 0 aromatic carbocycles. The van der Waals surface area contributed by atoms with E-state index in [2.05, 4.69) is 10.3 Å². The number of nitrogens with one attached hydrogen (secondary N) is 2. The molecular formula is C12H13N5O2. The van der Waals surface area contributed by atoms with Crippen LogP contribution in [0.3, 0.4) is 0 Å². The summed E-state index contributed by atoms with van der Waals surface area (Å²) in [5.74, 6) is -0.824. The fraction of sp³-hybridized carbons (Fsp3) is 0.167. The number of nitrogens with zero attached hydrogens (tertiary/aromatic N) is 2. The van der Waals surface area contributed by atoms with Crippen LogP contribution in [0.4, 0.5) is 4.79 Å². The zero-order valence-corrected chi connectivity index (χ0v) is 10.3. The molecule has 0 spiro atoms. The zero-order chi connectivity index (χ0) is 14.3. The van der Waals surface area contributed by atoms with Gasteiger partial charge in [0, 0.05) is 24.6 Å². The van der Waals surface area contributed by atoms with Crippen molar-refractivity contribution in [2.75, 3.05) is 0 Å². The second-order valence-electron chi connectivity index (χ2n) is 3.64. The summed E-state index contributed by atoms with van der Waals surface area (Å²) in [6.45, 7) is 2.00. The zero-order valence-electron chi connectivity index (χ0n) is 10.3. The SMILES string of the molecule is C/C(NCc1ccncc1)=C(\C#N)C(=O)NC(N)=O. The minimum absolute atomic E-state index is 0.187. The number of aromatic nitrogens is 1. The molecule has 98 valence electrons. The molecule has 4 N–H and O–H groups in total. The molecule has 0 saturated heterocycles. The van der Waals surface area contributed by atoms with E-state index in [1.165, 1.54) is 0 Å². The van der Waals surface area contributed by atoms with Crippen LogP contribution in [0.5, 0.6) is 0 Å². The minimum Gasteiger partial charge on any atom is -0.383 e. The van der Waals surface area contributed by atoms with Crippen molar-refractivity contribution < 1.29 is 9.59 Å². The smallest absolute Gasteiger partial charge is 0.319 e. The van der Waals surface area contributed by atoms with Gasteiger partial charge >= 0.3 is 6.03 Å². The number of primary amides is 1. The minimum atomic E-state index is -1.00. The van der Waals surface area contributed by atoms with Crippen molar-refractivity contribution in [3.05, 3.63) is 41.4 Å². The predicted octanol–water partition coefficient (Wildman–Crippen LogP) is 0.164. The van der Waals surface area contributed by atoms with E-state index in [0.29, 0.717) is 12.2 Å². The molecule has 0 aliphatic rings. The number of rotatable bonds is 4. The summed E-state index contributed by atoms with van der Waals surface area (Å²) in [4.78, 5) is 25.9. The summed E-state index contributed by atoms with van der Waals surface area (Å²) in [6, 6.07) is 4.33. The predicted molar refractivity (Wildman–Crippen MR) is 67.1 cm³/mol. The van der Waals surface area contributed by atoms with Crippen molar-refractivity contribution in [2.45, 2.75) is 13.5 Å². The highest BCUT2D eigenvalue weighted by molar-refractivity contribution is 6.06. The van der Waals surface area contributed by atoms with Gasteiger partial charge in [-0.2, -0.15) is 5.26 Å². The third kappa shape index (κ3) is 4.47. The number of nitrogens with two attached hydrogens (primary N) is 1. The first-order valence-corrected chi connectivity index (χ1v) is 5.39. The number of pyridine rings is 1. The summed E-state index contributed by atoms with van der Waals surface area (Å²) < 4.78 is 0. The second-order valence-corrected chi connectivity index (χ2v) is 3.64. The van der Waals surface area contributed by atoms with E-state index in [1.807, 2.05) is 5.32 Å². The van der Waals surface area contributed by atoms with Gasteiger partial charge in [0.15, 0.2) is 0 Å². The molecular weight excluding hydrogens is 246 g/mol. The summed E-state index contributed by atoms with van der Waals surface area (Å²) in [6.07, 6.45) is 3.28. The highest BCUT2D eigenvalue weighted by atomic mass is 16.2. The maximum atomic E-state index is 11.5. The molecule has 0 aliphatic heterocycles. The van der Waals surface area contributed by atoms with Gasteiger partial charge in [0.2, 0.25) is 0 Å². The van der Waals surface area contributed by atoms with E-state index in [1.54, 1.807) is 37.5 Å². The number of hydrogen-bond acceptors (Lipinski definition) is 5. The van der Waals surface area contributed by atoms with Gasteiger partial charge in [0.05, 0.1) is 0 Å². The molecule has 1 rings (SSSR count). The monoisotopic (exact) mass is 259 g/mol. The maximum absolute atomic E-state index is 11.5. The fourth-order valence-corrected chi connectivity index (χ4v) is 1.30. The number of carbonyl (C=O) groups excluding carboxylic acids is 2. The molecule has 1 aromatic heterocycles. The van der Waals surface area contributed by atoms with Gasteiger partial charge in [0.25, 0.3) is 5.91 Å². The molecule has 0 unspecified atom stereocenters. The van der Waals surface area contributed by atoms with E-state index in [-0.39, 0.29) is 5.57 Å². The molecule has 7 nitrogen and oxygen atoms in total. The van der Waals surface area contributed by atoms with Crippen LogP contribution >= 0.6 is 0 Å². The van der Waals surface area contributed by atoms with Crippen LogP contribution in [-0.4, -0.2) is 16.9 Å². The van der Waals surface area contributed by atoms with Crippen LogP contribution in [0.2, 0.25) is 0 Å². The molecule has 0 saturated carbocycles. The first-order chi connectivity index (χ1) is 9.04. The van der Waals surface area contributed by atoms with E-state index in [9.17, 15) is 9.59 Å². The molecule has 0 bridgehead atoms. The molecule has 0 radical (unpaired) electrons. The van der Waals surface area contributed by atoms with Gasteiger partial charge in [-0.25, -0.2) is 4.79 Å². The Morgan fingerprint density at radius 2 is 2.05 bits per heavy atom. The highest BCUT2D eigenvalue weighted by Crippen LogP contribution is 2.03. The Morgan fingerprint density at radius 1 is 1.42 bits per heavy atom. The van der Waals surface area contributed by atoms with Gasteiger partial charge in [-0.1, -0.05) is 0 Å². The van der Waals surface area contributed by atoms with Gasteiger partial charge in [0.1, 0.15) is 11.6 Å². The van der Waals surface area contributed by atoms with Gasteiger partial charge in [-0.05, 0) is 24.6 Å². The lowest BCUT2D eigenvalue weighted by molar-refractivity contribution is -0.116. The van der Waals surface area contributed by atoms with Gasteiger partial charge < -0.3 is 11.1 Å². The van der Waals surface area contributed by atoms with Crippen LogP contribution in [0.25, 0.3) is 0 Å². The Bertz CT molecular complexity index is 545. The van der Waals surface area contributed by atoms with Gasteiger partial charge in [-0.3, -0.25) is 15.1 Å².